The van der Waals surface area contributed by atoms with Gasteiger partial charge < -0.3 is 9.80 Å². The number of nitrogens with zero attached hydrogens (tertiary/aromatic N) is 2. The van der Waals surface area contributed by atoms with Crippen molar-refractivity contribution in [1.29, 1.82) is 0 Å². The molecule has 0 aliphatic carbocycles. The topological polar surface area (TPSA) is 40.6 Å². The van der Waals surface area contributed by atoms with E-state index in [0.29, 0.717) is 19.0 Å². The molecule has 3 rings (SSSR count). The zero-order valence-corrected chi connectivity index (χ0v) is 15.7. The fraction of sp³-hybridized carbons (Fsp3) is 0.364. The summed E-state index contributed by atoms with van der Waals surface area (Å²) in [5.41, 5.74) is 4.50. The van der Waals surface area contributed by atoms with Crippen LogP contribution < -0.4 is 4.90 Å². The maximum Gasteiger partial charge on any atom is 0.242 e. The molecule has 1 aliphatic rings. The molecular formula is C22H26N2O2. The predicted octanol–water partition coefficient (Wildman–Crippen LogP) is 3.75. The normalized spacial score (nSPS) is 13.5. The van der Waals surface area contributed by atoms with Gasteiger partial charge in [-0.2, -0.15) is 0 Å². The molecule has 0 aromatic heterocycles. The number of carbonyl (C=O) groups is 2. The minimum Gasteiger partial charge on any atom is -0.336 e. The molecule has 2 aromatic carbocycles. The van der Waals surface area contributed by atoms with E-state index in [1.807, 2.05) is 41.3 Å². The molecule has 0 atom stereocenters. The van der Waals surface area contributed by atoms with Crippen LogP contribution in [0.2, 0.25) is 0 Å². The fourth-order valence-corrected chi connectivity index (χ4v) is 3.37. The summed E-state index contributed by atoms with van der Waals surface area (Å²) in [6.45, 7) is 7.18. The van der Waals surface area contributed by atoms with Crippen molar-refractivity contribution >= 4 is 17.5 Å². The maximum absolute atomic E-state index is 12.8. The van der Waals surface area contributed by atoms with Crippen molar-refractivity contribution in [2.45, 2.75) is 39.7 Å². The van der Waals surface area contributed by atoms with Gasteiger partial charge in [0.15, 0.2) is 0 Å². The summed E-state index contributed by atoms with van der Waals surface area (Å²) in [6.07, 6.45) is 0.866. The van der Waals surface area contributed by atoms with Crippen LogP contribution in [-0.4, -0.2) is 29.8 Å². The summed E-state index contributed by atoms with van der Waals surface area (Å²) in [4.78, 5) is 28.3. The summed E-state index contributed by atoms with van der Waals surface area (Å²) in [6, 6.07) is 16.1. The number of amides is 2. The highest BCUT2D eigenvalue weighted by atomic mass is 16.2. The van der Waals surface area contributed by atoms with Gasteiger partial charge in [-0.25, -0.2) is 0 Å². The molecule has 0 saturated carbocycles. The van der Waals surface area contributed by atoms with E-state index in [4.69, 9.17) is 0 Å². The molecule has 1 heterocycles. The molecule has 2 amide bonds. The number of hydrogen-bond acceptors (Lipinski definition) is 2. The van der Waals surface area contributed by atoms with Crippen LogP contribution in [0, 0.1) is 0 Å². The van der Waals surface area contributed by atoms with Crippen molar-refractivity contribution in [3.63, 3.8) is 0 Å². The molecule has 0 fully saturated rings. The summed E-state index contributed by atoms with van der Waals surface area (Å²) >= 11 is 0. The van der Waals surface area contributed by atoms with Crippen molar-refractivity contribution in [3.05, 3.63) is 65.2 Å². The van der Waals surface area contributed by atoms with Gasteiger partial charge in [0.1, 0.15) is 6.54 Å². The van der Waals surface area contributed by atoms with Crippen molar-refractivity contribution in [2.24, 2.45) is 0 Å². The number of fused-ring (bicyclic) bond motifs is 1. The Hall–Kier alpha value is -2.62. The second kappa shape index (κ2) is 7.73. The highest BCUT2D eigenvalue weighted by molar-refractivity contribution is 5.97. The van der Waals surface area contributed by atoms with E-state index in [2.05, 4.69) is 26.0 Å². The lowest BCUT2D eigenvalue weighted by Crippen LogP contribution is -2.44. The highest BCUT2D eigenvalue weighted by Gasteiger charge is 2.24. The van der Waals surface area contributed by atoms with Crippen LogP contribution in [0.25, 0.3) is 0 Å². The van der Waals surface area contributed by atoms with Gasteiger partial charge in [0.2, 0.25) is 11.8 Å². The van der Waals surface area contributed by atoms with Gasteiger partial charge in [0, 0.05) is 25.7 Å². The van der Waals surface area contributed by atoms with E-state index >= 15 is 0 Å². The molecule has 0 N–H and O–H groups in total. The fourth-order valence-electron chi connectivity index (χ4n) is 3.37. The molecular weight excluding hydrogens is 324 g/mol. The van der Waals surface area contributed by atoms with Crippen LogP contribution in [0.1, 0.15) is 43.4 Å². The molecule has 4 nitrogen and oxygen atoms in total. The maximum atomic E-state index is 12.8. The van der Waals surface area contributed by atoms with Crippen LogP contribution in [-0.2, 0) is 22.6 Å². The van der Waals surface area contributed by atoms with E-state index in [-0.39, 0.29) is 18.4 Å². The third kappa shape index (κ3) is 3.96. The van der Waals surface area contributed by atoms with E-state index in [0.717, 1.165) is 12.1 Å². The lowest BCUT2D eigenvalue weighted by atomic mass is 10.00. The van der Waals surface area contributed by atoms with Crippen LogP contribution in [0.3, 0.4) is 0 Å². The number of carbonyl (C=O) groups excluding carboxylic acids is 2. The largest absolute Gasteiger partial charge is 0.336 e. The van der Waals surface area contributed by atoms with Crippen molar-refractivity contribution in [3.8, 4) is 0 Å². The molecule has 0 spiro atoms. The Morgan fingerprint density at radius 1 is 1.04 bits per heavy atom. The van der Waals surface area contributed by atoms with E-state index in [9.17, 15) is 9.59 Å². The number of benzene rings is 2. The first-order chi connectivity index (χ1) is 12.5. The Bertz CT molecular complexity index is 796. The monoisotopic (exact) mass is 350 g/mol. The van der Waals surface area contributed by atoms with Crippen molar-refractivity contribution in [2.75, 3.05) is 18.0 Å². The van der Waals surface area contributed by atoms with Crippen LogP contribution in [0.15, 0.2) is 48.5 Å². The molecule has 0 saturated heterocycles. The molecule has 136 valence electrons. The van der Waals surface area contributed by atoms with Crippen LogP contribution >= 0.6 is 0 Å². The smallest absolute Gasteiger partial charge is 0.242 e. The van der Waals surface area contributed by atoms with Crippen molar-refractivity contribution < 1.29 is 9.59 Å². The van der Waals surface area contributed by atoms with E-state index < -0.39 is 0 Å². The third-order valence-corrected chi connectivity index (χ3v) is 5.03. The van der Waals surface area contributed by atoms with Gasteiger partial charge >= 0.3 is 0 Å². The average Bonchev–Trinajstić information content (AvgIpc) is 2.65. The molecule has 1 aliphatic heterocycles. The second-order valence-electron chi connectivity index (χ2n) is 7.19. The summed E-state index contributed by atoms with van der Waals surface area (Å²) in [5.74, 6) is 0.306. The standard InChI is InChI=1S/C22H26N2O2/c1-16(2)18-8-10-21(11-9-18)24(17(3)25)15-22(26)23-13-12-19-6-4-5-7-20(19)14-23/h4-11,16H,12-15H2,1-3H3. The summed E-state index contributed by atoms with van der Waals surface area (Å²) in [5, 5.41) is 0. The lowest BCUT2D eigenvalue weighted by Gasteiger charge is -2.31. The number of hydrogen-bond donors (Lipinski definition) is 0. The summed E-state index contributed by atoms with van der Waals surface area (Å²) in [7, 11) is 0. The Morgan fingerprint density at radius 3 is 2.31 bits per heavy atom. The van der Waals surface area contributed by atoms with Gasteiger partial charge in [-0.15, -0.1) is 0 Å². The third-order valence-electron chi connectivity index (χ3n) is 5.03. The van der Waals surface area contributed by atoms with E-state index in [1.54, 1.807) is 4.90 Å². The van der Waals surface area contributed by atoms with Crippen molar-refractivity contribution in [1.82, 2.24) is 4.90 Å². The molecule has 0 radical (unpaired) electrons. The highest BCUT2D eigenvalue weighted by Crippen LogP contribution is 2.22. The first-order valence-electron chi connectivity index (χ1n) is 9.18. The lowest BCUT2D eigenvalue weighted by molar-refractivity contribution is -0.132. The first-order valence-corrected chi connectivity index (χ1v) is 9.18. The minimum absolute atomic E-state index is 0.0114. The number of rotatable bonds is 4. The Kier molecular flexibility index (Phi) is 5.40. The summed E-state index contributed by atoms with van der Waals surface area (Å²) < 4.78 is 0. The second-order valence-corrected chi connectivity index (χ2v) is 7.19. The van der Waals surface area contributed by atoms with Gasteiger partial charge in [0.25, 0.3) is 0 Å². The van der Waals surface area contributed by atoms with E-state index in [1.165, 1.54) is 23.6 Å². The Balaban J connectivity index is 1.72. The first kappa shape index (κ1) is 18.2. The molecule has 26 heavy (non-hydrogen) atoms. The molecule has 2 aromatic rings. The number of anilines is 1. The van der Waals surface area contributed by atoms with Gasteiger partial charge in [-0.05, 0) is 41.2 Å². The zero-order chi connectivity index (χ0) is 18.7. The van der Waals surface area contributed by atoms with Gasteiger partial charge in [0.05, 0.1) is 0 Å². The van der Waals surface area contributed by atoms with Gasteiger partial charge in [-0.3, -0.25) is 9.59 Å². The average molecular weight is 350 g/mol. The Morgan fingerprint density at radius 2 is 1.69 bits per heavy atom. The van der Waals surface area contributed by atoms with Crippen LogP contribution in [0.4, 0.5) is 5.69 Å². The molecule has 0 unspecified atom stereocenters. The zero-order valence-electron chi connectivity index (χ0n) is 15.7. The quantitative estimate of drug-likeness (QED) is 0.843. The SMILES string of the molecule is CC(=O)N(CC(=O)N1CCc2ccccc2C1)c1ccc(C(C)C)cc1. The van der Waals surface area contributed by atoms with Gasteiger partial charge in [-0.1, -0.05) is 50.2 Å². The molecule has 0 bridgehead atoms. The Labute approximate surface area is 155 Å². The van der Waals surface area contributed by atoms with Crippen LogP contribution in [0.5, 0.6) is 0 Å². The predicted molar refractivity (Wildman–Crippen MR) is 104 cm³/mol. The molecule has 4 heteroatoms. The minimum atomic E-state index is -0.118.